The lowest BCUT2D eigenvalue weighted by atomic mass is 10.0. The Morgan fingerprint density at radius 1 is 0.970 bits per heavy atom. The molecule has 33 heavy (non-hydrogen) atoms. The zero-order chi connectivity index (χ0) is 22.9. The van der Waals surface area contributed by atoms with Crippen molar-refractivity contribution >= 4 is 34.1 Å². The number of carbonyl (C=O) groups is 1. The lowest BCUT2D eigenvalue weighted by molar-refractivity contribution is 0.102. The molecule has 5 rings (SSSR count). The van der Waals surface area contributed by atoms with Crippen LogP contribution in [0.25, 0.3) is 22.2 Å². The summed E-state index contributed by atoms with van der Waals surface area (Å²) in [7, 11) is 3.03. The summed E-state index contributed by atoms with van der Waals surface area (Å²) in [6.07, 6.45) is 0. The van der Waals surface area contributed by atoms with E-state index in [9.17, 15) is 4.79 Å². The molecule has 0 atom stereocenters. The maximum atomic E-state index is 13.4. The average molecular weight is 463 g/mol. The maximum absolute atomic E-state index is 13.4. The molecule has 8 heteroatoms. The van der Waals surface area contributed by atoms with Gasteiger partial charge in [0.2, 0.25) is 6.79 Å². The van der Waals surface area contributed by atoms with Crippen LogP contribution >= 0.6 is 11.6 Å². The van der Waals surface area contributed by atoms with Crippen molar-refractivity contribution in [2.24, 2.45) is 0 Å². The fourth-order valence-electron chi connectivity index (χ4n) is 3.71. The molecule has 166 valence electrons. The molecule has 0 saturated carbocycles. The highest BCUT2D eigenvalue weighted by Gasteiger charge is 2.19. The Morgan fingerprint density at radius 2 is 1.76 bits per heavy atom. The molecule has 0 saturated heterocycles. The van der Waals surface area contributed by atoms with E-state index in [0.29, 0.717) is 50.5 Å². The van der Waals surface area contributed by atoms with E-state index in [1.165, 1.54) is 14.2 Å². The average Bonchev–Trinajstić information content (AvgIpc) is 3.31. The number of nitrogens with zero attached hydrogens (tertiary/aromatic N) is 1. The number of amides is 1. The number of aromatic nitrogens is 1. The van der Waals surface area contributed by atoms with Crippen LogP contribution in [0.1, 0.15) is 10.4 Å². The van der Waals surface area contributed by atoms with Crippen LogP contribution < -0.4 is 24.3 Å². The maximum Gasteiger partial charge on any atom is 0.256 e. The molecule has 1 aliphatic rings. The fourth-order valence-corrected chi connectivity index (χ4v) is 3.96. The first-order valence-electron chi connectivity index (χ1n) is 10.1. The largest absolute Gasteiger partial charge is 0.495 e. The zero-order valence-electron chi connectivity index (χ0n) is 17.8. The van der Waals surface area contributed by atoms with Crippen molar-refractivity contribution in [2.75, 3.05) is 26.3 Å². The molecule has 1 N–H and O–H groups in total. The number of nitrogens with one attached hydrogen (secondary N) is 1. The first kappa shape index (κ1) is 20.9. The van der Waals surface area contributed by atoms with E-state index < -0.39 is 0 Å². The minimum absolute atomic E-state index is 0.184. The fraction of sp³-hybridized carbons (Fsp3) is 0.120. The van der Waals surface area contributed by atoms with Gasteiger partial charge in [0.05, 0.1) is 41.7 Å². The van der Waals surface area contributed by atoms with E-state index in [4.69, 9.17) is 35.5 Å². The van der Waals surface area contributed by atoms with Gasteiger partial charge in [-0.15, -0.1) is 0 Å². The quantitative estimate of drug-likeness (QED) is 0.418. The predicted molar refractivity (Wildman–Crippen MR) is 126 cm³/mol. The van der Waals surface area contributed by atoms with Gasteiger partial charge in [0, 0.05) is 17.0 Å². The summed E-state index contributed by atoms with van der Waals surface area (Å²) < 4.78 is 21.5. The van der Waals surface area contributed by atoms with Crippen LogP contribution in [0.2, 0.25) is 5.02 Å². The van der Waals surface area contributed by atoms with Gasteiger partial charge in [0.1, 0.15) is 11.5 Å². The van der Waals surface area contributed by atoms with Gasteiger partial charge >= 0.3 is 0 Å². The second-order valence-electron chi connectivity index (χ2n) is 7.28. The summed E-state index contributed by atoms with van der Waals surface area (Å²) in [5, 5.41) is 3.98. The number of halogens is 1. The number of methoxy groups -OCH3 is 2. The van der Waals surface area contributed by atoms with Gasteiger partial charge in [-0.2, -0.15) is 0 Å². The lowest BCUT2D eigenvalue weighted by Gasteiger charge is -2.14. The van der Waals surface area contributed by atoms with Crippen molar-refractivity contribution in [1.82, 2.24) is 4.98 Å². The minimum Gasteiger partial charge on any atom is -0.495 e. The smallest absolute Gasteiger partial charge is 0.256 e. The third-order valence-corrected chi connectivity index (χ3v) is 5.65. The molecular weight excluding hydrogens is 444 g/mol. The van der Waals surface area contributed by atoms with Gasteiger partial charge in [-0.1, -0.05) is 29.8 Å². The third-order valence-electron chi connectivity index (χ3n) is 5.35. The Bertz CT molecular complexity index is 1390. The lowest BCUT2D eigenvalue weighted by Crippen LogP contribution is -2.14. The van der Waals surface area contributed by atoms with E-state index in [-0.39, 0.29) is 12.7 Å². The van der Waals surface area contributed by atoms with Crippen molar-refractivity contribution in [3.8, 4) is 34.3 Å². The van der Waals surface area contributed by atoms with E-state index in [2.05, 4.69) is 5.32 Å². The number of fused-ring (bicyclic) bond motifs is 2. The molecule has 7 nitrogen and oxygen atoms in total. The van der Waals surface area contributed by atoms with Crippen molar-refractivity contribution in [2.45, 2.75) is 0 Å². The summed E-state index contributed by atoms with van der Waals surface area (Å²) in [5.74, 6) is 1.88. The summed E-state index contributed by atoms with van der Waals surface area (Å²) in [6.45, 7) is 0.184. The molecule has 0 spiro atoms. The standard InChI is InChI=1S/C25H19ClN2O5/c1-30-22-12-23(31-2)20(11-17(22)26)28-25(29)16-10-19(27-18-6-4-3-5-15(16)18)14-7-8-21-24(9-14)33-13-32-21/h3-12H,13H2,1-2H3,(H,28,29). The second kappa shape index (κ2) is 8.52. The van der Waals surface area contributed by atoms with Gasteiger partial charge in [0.25, 0.3) is 5.91 Å². The number of anilines is 1. The SMILES string of the molecule is COc1cc(OC)c(NC(=O)c2cc(-c3ccc4c(c3)OCO4)nc3ccccc23)cc1Cl. The number of hydrogen-bond acceptors (Lipinski definition) is 6. The first-order chi connectivity index (χ1) is 16.1. The molecule has 1 aromatic heterocycles. The van der Waals surface area contributed by atoms with Crippen molar-refractivity contribution in [3.63, 3.8) is 0 Å². The molecule has 0 aliphatic carbocycles. The van der Waals surface area contributed by atoms with Crippen LogP contribution in [-0.4, -0.2) is 31.9 Å². The monoisotopic (exact) mass is 462 g/mol. The van der Waals surface area contributed by atoms with Gasteiger partial charge in [-0.25, -0.2) is 4.98 Å². The van der Waals surface area contributed by atoms with Gasteiger partial charge in [-0.05, 0) is 36.4 Å². The predicted octanol–water partition coefficient (Wildman–Crippen LogP) is 5.55. The Kier molecular flexibility index (Phi) is 5.40. The number of para-hydroxylation sites is 1. The summed E-state index contributed by atoms with van der Waals surface area (Å²) in [6, 6.07) is 18.0. The van der Waals surface area contributed by atoms with E-state index in [1.54, 1.807) is 18.2 Å². The normalized spacial score (nSPS) is 12.0. The highest BCUT2D eigenvalue weighted by molar-refractivity contribution is 6.32. The van der Waals surface area contributed by atoms with Gasteiger partial charge in [-0.3, -0.25) is 4.79 Å². The molecule has 0 unspecified atom stereocenters. The van der Waals surface area contributed by atoms with Crippen molar-refractivity contribution < 1.29 is 23.7 Å². The second-order valence-corrected chi connectivity index (χ2v) is 7.69. The Labute approximate surface area is 194 Å². The topological polar surface area (TPSA) is 78.9 Å². The molecule has 4 aromatic rings. The molecule has 1 aliphatic heterocycles. The number of carbonyl (C=O) groups excluding carboxylic acids is 1. The third kappa shape index (κ3) is 3.87. The van der Waals surface area contributed by atoms with E-state index >= 15 is 0 Å². The summed E-state index contributed by atoms with van der Waals surface area (Å²) in [5.41, 5.74) is 3.03. The van der Waals surface area contributed by atoms with Crippen LogP contribution in [0.15, 0.2) is 60.7 Å². The van der Waals surface area contributed by atoms with Gasteiger partial charge in [0.15, 0.2) is 11.5 Å². The molecular formula is C25H19ClN2O5. The van der Waals surface area contributed by atoms with Crippen molar-refractivity contribution in [3.05, 3.63) is 71.2 Å². The Balaban J connectivity index is 1.58. The number of benzene rings is 3. The van der Waals surface area contributed by atoms with Crippen LogP contribution in [0.4, 0.5) is 5.69 Å². The Hall–Kier alpha value is -3.97. The van der Waals surface area contributed by atoms with E-state index in [0.717, 1.165) is 10.9 Å². The highest BCUT2D eigenvalue weighted by atomic mass is 35.5. The first-order valence-corrected chi connectivity index (χ1v) is 10.5. The molecule has 0 bridgehead atoms. The number of rotatable bonds is 5. The minimum atomic E-state index is -0.324. The van der Waals surface area contributed by atoms with Gasteiger partial charge < -0.3 is 24.3 Å². The molecule has 0 fully saturated rings. The zero-order valence-corrected chi connectivity index (χ0v) is 18.6. The Morgan fingerprint density at radius 3 is 2.58 bits per heavy atom. The molecule has 0 radical (unpaired) electrons. The highest BCUT2D eigenvalue weighted by Crippen LogP contribution is 2.38. The number of ether oxygens (including phenoxy) is 4. The van der Waals surface area contributed by atoms with Crippen molar-refractivity contribution in [1.29, 1.82) is 0 Å². The summed E-state index contributed by atoms with van der Waals surface area (Å²) in [4.78, 5) is 18.2. The molecule has 2 heterocycles. The number of hydrogen-bond donors (Lipinski definition) is 1. The van der Waals surface area contributed by atoms with E-state index in [1.807, 2.05) is 42.5 Å². The number of pyridine rings is 1. The summed E-state index contributed by atoms with van der Waals surface area (Å²) >= 11 is 6.27. The molecule has 1 amide bonds. The molecule has 3 aromatic carbocycles. The van der Waals surface area contributed by atoms with Crippen LogP contribution in [0.5, 0.6) is 23.0 Å². The van der Waals surface area contributed by atoms with Crippen LogP contribution in [0.3, 0.4) is 0 Å². The van der Waals surface area contributed by atoms with Crippen LogP contribution in [-0.2, 0) is 0 Å². The van der Waals surface area contributed by atoms with Crippen LogP contribution in [0, 0.1) is 0 Å².